The van der Waals surface area contributed by atoms with Crippen molar-refractivity contribution in [1.82, 2.24) is 0 Å². The quantitative estimate of drug-likeness (QED) is 0.462. The minimum Gasteiger partial charge on any atom is -0.493 e. The molecule has 0 radical (unpaired) electrons. The van der Waals surface area contributed by atoms with Crippen LogP contribution in [0.15, 0.2) is 66.7 Å². The standard InChI is InChI=1S/C26H30N2O3/c1-18(2)26(29)28-23-14-12-22(13-15-23)27-16-21-6-5-7-24(30-4)25(21)31-17-20-10-8-19(3)9-11-20/h5-15,18,27H,16-17H2,1-4H3,(H,28,29). The van der Waals surface area contributed by atoms with Crippen LogP contribution in [0.25, 0.3) is 0 Å². The van der Waals surface area contributed by atoms with E-state index in [0.717, 1.165) is 28.3 Å². The third-order valence-corrected chi connectivity index (χ3v) is 4.94. The lowest BCUT2D eigenvalue weighted by atomic mass is 10.1. The molecule has 0 heterocycles. The lowest BCUT2D eigenvalue weighted by Gasteiger charge is -2.16. The zero-order chi connectivity index (χ0) is 22.2. The van der Waals surface area contributed by atoms with Gasteiger partial charge in [-0.1, -0.05) is 55.8 Å². The maximum Gasteiger partial charge on any atom is 0.226 e. The maximum absolute atomic E-state index is 11.8. The van der Waals surface area contributed by atoms with Crippen molar-refractivity contribution in [3.63, 3.8) is 0 Å². The summed E-state index contributed by atoms with van der Waals surface area (Å²) in [5.41, 5.74) is 5.07. The highest BCUT2D eigenvalue weighted by Gasteiger charge is 2.11. The van der Waals surface area contributed by atoms with Crippen LogP contribution in [0.4, 0.5) is 11.4 Å². The van der Waals surface area contributed by atoms with E-state index in [1.807, 2.05) is 56.3 Å². The normalized spacial score (nSPS) is 10.6. The Labute approximate surface area is 184 Å². The second-order valence-electron chi connectivity index (χ2n) is 7.80. The molecule has 0 bridgehead atoms. The number of ether oxygens (including phenoxy) is 2. The highest BCUT2D eigenvalue weighted by atomic mass is 16.5. The molecule has 3 aromatic rings. The Morgan fingerprint density at radius 1 is 0.935 bits per heavy atom. The van der Waals surface area contributed by atoms with E-state index < -0.39 is 0 Å². The number of anilines is 2. The average molecular weight is 419 g/mol. The van der Waals surface area contributed by atoms with Gasteiger partial charge >= 0.3 is 0 Å². The molecule has 0 saturated carbocycles. The van der Waals surface area contributed by atoms with E-state index >= 15 is 0 Å². The van der Waals surface area contributed by atoms with Crippen LogP contribution in [-0.4, -0.2) is 13.0 Å². The molecule has 0 aliphatic rings. The van der Waals surface area contributed by atoms with Gasteiger partial charge in [0.1, 0.15) is 6.61 Å². The van der Waals surface area contributed by atoms with E-state index in [9.17, 15) is 4.79 Å². The van der Waals surface area contributed by atoms with Crippen molar-refractivity contribution in [2.24, 2.45) is 5.92 Å². The molecule has 0 spiro atoms. The summed E-state index contributed by atoms with van der Waals surface area (Å²) in [7, 11) is 1.65. The molecule has 162 valence electrons. The van der Waals surface area contributed by atoms with Crippen molar-refractivity contribution in [3.05, 3.63) is 83.4 Å². The molecule has 0 saturated heterocycles. The van der Waals surface area contributed by atoms with Crippen LogP contribution in [-0.2, 0) is 17.9 Å². The Morgan fingerprint density at radius 3 is 2.26 bits per heavy atom. The van der Waals surface area contributed by atoms with E-state index in [1.165, 1.54) is 5.56 Å². The molecular weight excluding hydrogens is 388 g/mol. The van der Waals surface area contributed by atoms with Gasteiger partial charge < -0.3 is 20.1 Å². The van der Waals surface area contributed by atoms with Crippen molar-refractivity contribution in [2.75, 3.05) is 17.7 Å². The molecule has 5 heteroatoms. The van der Waals surface area contributed by atoms with E-state index in [2.05, 4.69) is 41.8 Å². The van der Waals surface area contributed by atoms with Gasteiger partial charge in [-0.2, -0.15) is 0 Å². The molecule has 3 rings (SSSR count). The van der Waals surface area contributed by atoms with Crippen molar-refractivity contribution in [1.29, 1.82) is 0 Å². The highest BCUT2D eigenvalue weighted by molar-refractivity contribution is 5.92. The number of para-hydroxylation sites is 1. The molecule has 31 heavy (non-hydrogen) atoms. The average Bonchev–Trinajstić information content (AvgIpc) is 2.78. The number of carbonyl (C=O) groups is 1. The first-order chi connectivity index (χ1) is 15.0. The third-order valence-electron chi connectivity index (χ3n) is 4.94. The van der Waals surface area contributed by atoms with Gasteiger partial charge in [-0.3, -0.25) is 4.79 Å². The number of aryl methyl sites for hydroxylation is 1. The summed E-state index contributed by atoms with van der Waals surface area (Å²) >= 11 is 0. The zero-order valence-corrected chi connectivity index (χ0v) is 18.6. The fraction of sp³-hybridized carbons (Fsp3) is 0.269. The molecule has 2 N–H and O–H groups in total. The van der Waals surface area contributed by atoms with Crippen LogP contribution in [0.5, 0.6) is 11.5 Å². The summed E-state index contributed by atoms with van der Waals surface area (Å²) in [5, 5.41) is 6.31. The summed E-state index contributed by atoms with van der Waals surface area (Å²) in [6, 6.07) is 21.9. The summed E-state index contributed by atoms with van der Waals surface area (Å²) in [6.45, 7) is 6.87. The molecule has 0 fully saturated rings. The molecule has 3 aromatic carbocycles. The number of methoxy groups -OCH3 is 1. The van der Waals surface area contributed by atoms with Gasteiger partial charge in [0.15, 0.2) is 11.5 Å². The van der Waals surface area contributed by atoms with Gasteiger partial charge in [0.2, 0.25) is 5.91 Å². The van der Waals surface area contributed by atoms with Crippen LogP contribution in [0.2, 0.25) is 0 Å². The molecule has 0 atom stereocenters. The molecular formula is C26H30N2O3. The van der Waals surface area contributed by atoms with Gasteiger partial charge in [0.25, 0.3) is 0 Å². The molecule has 0 aliphatic carbocycles. The number of hydrogen-bond acceptors (Lipinski definition) is 4. The number of nitrogens with one attached hydrogen (secondary N) is 2. The predicted molar refractivity (Wildman–Crippen MR) is 126 cm³/mol. The molecule has 0 aliphatic heterocycles. The number of amides is 1. The van der Waals surface area contributed by atoms with Crippen LogP contribution in [0.1, 0.15) is 30.5 Å². The first kappa shape index (κ1) is 22.2. The SMILES string of the molecule is COc1cccc(CNc2ccc(NC(=O)C(C)C)cc2)c1OCc1ccc(C)cc1. The first-order valence-electron chi connectivity index (χ1n) is 10.5. The third kappa shape index (κ3) is 6.25. The Balaban J connectivity index is 1.67. The second-order valence-corrected chi connectivity index (χ2v) is 7.80. The van der Waals surface area contributed by atoms with Crippen LogP contribution in [0, 0.1) is 12.8 Å². The Bertz CT molecular complexity index is 996. The van der Waals surface area contributed by atoms with Crippen molar-refractivity contribution in [3.8, 4) is 11.5 Å². The summed E-state index contributed by atoms with van der Waals surface area (Å²) in [4.78, 5) is 11.8. The van der Waals surface area contributed by atoms with Gasteiger partial charge in [-0.15, -0.1) is 0 Å². The minimum atomic E-state index is -0.0517. The van der Waals surface area contributed by atoms with Crippen LogP contribution in [0.3, 0.4) is 0 Å². The van der Waals surface area contributed by atoms with Crippen LogP contribution < -0.4 is 20.1 Å². The number of benzene rings is 3. The van der Waals surface area contributed by atoms with E-state index in [4.69, 9.17) is 9.47 Å². The lowest BCUT2D eigenvalue weighted by molar-refractivity contribution is -0.118. The van der Waals surface area contributed by atoms with Gasteiger partial charge in [-0.25, -0.2) is 0 Å². The van der Waals surface area contributed by atoms with Crippen molar-refractivity contribution in [2.45, 2.75) is 33.9 Å². The van der Waals surface area contributed by atoms with E-state index in [-0.39, 0.29) is 11.8 Å². The first-order valence-corrected chi connectivity index (χ1v) is 10.5. The number of carbonyl (C=O) groups excluding carboxylic acids is 1. The van der Waals surface area contributed by atoms with Gasteiger partial charge in [0.05, 0.1) is 7.11 Å². The van der Waals surface area contributed by atoms with E-state index in [0.29, 0.717) is 18.9 Å². The smallest absolute Gasteiger partial charge is 0.226 e. The van der Waals surface area contributed by atoms with Crippen molar-refractivity contribution < 1.29 is 14.3 Å². The molecule has 5 nitrogen and oxygen atoms in total. The summed E-state index contributed by atoms with van der Waals surface area (Å²) in [5.74, 6) is 1.40. The second kappa shape index (κ2) is 10.5. The fourth-order valence-corrected chi connectivity index (χ4v) is 3.02. The van der Waals surface area contributed by atoms with E-state index in [1.54, 1.807) is 7.11 Å². The molecule has 0 aromatic heterocycles. The van der Waals surface area contributed by atoms with Gasteiger partial charge in [-0.05, 0) is 42.8 Å². The lowest BCUT2D eigenvalue weighted by Crippen LogP contribution is -2.17. The predicted octanol–water partition coefficient (Wildman–Crippen LogP) is 5.79. The minimum absolute atomic E-state index is 0.00690. The van der Waals surface area contributed by atoms with Crippen molar-refractivity contribution >= 4 is 17.3 Å². The molecule has 0 unspecified atom stereocenters. The topological polar surface area (TPSA) is 59.6 Å². The Hall–Kier alpha value is -3.47. The largest absolute Gasteiger partial charge is 0.493 e. The zero-order valence-electron chi connectivity index (χ0n) is 18.6. The molecule has 1 amide bonds. The fourth-order valence-electron chi connectivity index (χ4n) is 3.02. The Kier molecular flexibility index (Phi) is 7.55. The Morgan fingerprint density at radius 2 is 1.61 bits per heavy atom. The number of hydrogen-bond donors (Lipinski definition) is 2. The summed E-state index contributed by atoms with van der Waals surface area (Å²) < 4.78 is 11.7. The van der Waals surface area contributed by atoms with Gasteiger partial charge in [0, 0.05) is 29.4 Å². The summed E-state index contributed by atoms with van der Waals surface area (Å²) in [6.07, 6.45) is 0. The maximum atomic E-state index is 11.8. The highest BCUT2D eigenvalue weighted by Crippen LogP contribution is 2.32. The monoisotopic (exact) mass is 418 g/mol. The van der Waals surface area contributed by atoms with Crippen LogP contribution >= 0.6 is 0 Å². The number of rotatable bonds is 9.